The Balaban J connectivity index is 3.27. The molecular formula is C14H23N3O3. The molecule has 20 heavy (non-hydrogen) atoms. The van der Waals surface area contributed by atoms with Crippen molar-refractivity contribution in [3.63, 3.8) is 0 Å². The molecule has 0 amide bonds. The van der Waals surface area contributed by atoms with Gasteiger partial charge in [-0.05, 0) is 26.7 Å². The number of carboxylic acid groups (broad SMARTS) is 1. The van der Waals surface area contributed by atoms with Crippen LogP contribution in [0.25, 0.3) is 0 Å². The average Bonchev–Trinajstić information content (AvgIpc) is 2.25. The standard InChI is InChI=1S/C14H23N3O3/c1-10(2)8-16(9-11(18)19)12-13(20)17(7-6-15-12)14(3,4)5/h6-7,10H,8-9H2,1-5H3,(H,18,19). The summed E-state index contributed by atoms with van der Waals surface area (Å²) in [4.78, 5) is 29.1. The van der Waals surface area contributed by atoms with Crippen LogP contribution in [0.5, 0.6) is 0 Å². The Hall–Kier alpha value is -1.85. The van der Waals surface area contributed by atoms with Crippen LogP contribution in [0, 0.1) is 5.92 Å². The molecule has 1 aromatic heterocycles. The van der Waals surface area contributed by atoms with E-state index in [2.05, 4.69) is 4.98 Å². The normalized spacial score (nSPS) is 11.7. The predicted molar refractivity (Wildman–Crippen MR) is 78.2 cm³/mol. The van der Waals surface area contributed by atoms with Crippen LogP contribution in [-0.2, 0) is 10.3 Å². The summed E-state index contributed by atoms with van der Waals surface area (Å²) in [7, 11) is 0. The first kappa shape index (κ1) is 16.2. The summed E-state index contributed by atoms with van der Waals surface area (Å²) in [5, 5.41) is 9.00. The van der Waals surface area contributed by atoms with Crippen molar-refractivity contribution in [2.75, 3.05) is 18.0 Å². The molecule has 0 spiro atoms. The maximum absolute atomic E-state index is 12.5. The maximum Gasteiger partial charge on any atom is 0.323 e. The molecule has 0 radical (unpaired) electrons. The number of rotatable bonds is 5. The number of nitrogens with zero attached hydrogens (tertiary/aromatic N) is 3. The Kier molecular flexibility index (Phi) is 4.92. The Bertz CT molecular complexity index is 529. The molecule has 0 saturated heterocycles. The predicted octanol–water partition coefficient (Wildman–Crippen LogP) is 1.55. The molecule has 6 nitrogen and oxygen atoms in total. The van der Waals surface area contributed by atoms with Gasteiger partial charge in [0.25, 0.3) is 5.56 Å². The second-order valence-electron chi connectivity index (χ2n) is 6.26. The molecule has 0 atom stereocenters. The zero-order chi connectivity index (χ0) is 15.5. The van der Waals surface area contributed by atoms with Gasteiger partial charge < -0.3 is 14.6 Å². The number of carboxylic acids is 1. The molecule has 0 bridgehead atoms. The van der Waals surface area contributed by atoms with Crippen LogP contribution in [0.4, 0.5) is 5.82 Å². The van der Waals surface area contributed by atoms with Crippen molar-refractivity contribution in [1.82, 2.24) is 9.55 Å². The lowest BCUT2D eigenvalue weighted by atomic mass is 10.1. The van der Waals surface area contributed by atoms with Gasteiger partial charge in [0.1, 0.15) is 6.54 Å². The number of aliphatic carboxylic acids is 1. The minimum atomic E-state index is -0.974. The molecule has 112 valence electrons. The molecule has 0 aliphatic carbocycles. The van der Waals surface area contributed by atoms with Crippen molar-refractivity contribution >= 4 is 11.8 Å². The van der Waals surface area contributed by atoms with Gasteiger partial charge in [-0.25, -0.2) is 4.98 Å². The fourth-order valence-corrected chi connectivity index (χ4v) is 1.98. The van der Waals surface area contributed by atoms with Crippen molar-refractivity contribution < 1.29 is 9.90 Å². The Morgan fingerprint density at radius 3 is 2.50 bits per heavy atom. The summed E-state index contributed by atoms with van der Waals surface area (Å²) < 4.78 is 1.57. The molecule has 1 N–H and O–H groups in total. The summed E-state index contributed by atoms with van der Waals surface area (Å²) in [5.41, 5.74) is -0.636. The smallest absolute Gasteiger partial charge is 0.323 e. The fourth-order valence-electron chi connectivity index (χ4n) is 1.98. The maximum atomic E-state index is 12.5. The van der Waals surface area contributed by atoms with E-state index in [1.165, 1.54) is 11.1 Å². The van der Waals surface area contributed by atoms with Crippen LogP contribution in [0.2, 0.25) is 0 Å². The van der Waals surface area contributed by atoms with E-state index in [4.69, 9.17) is 5.11 Å². The molecule has 0 saturated carbocycles. The summed E-state index contributed by atoms with van der Waals surface area (Å²) in [6.45, 7) is 9.95. The first-order valence-electron chi connectivity index (χ1n) is 6.67. The molecule has 6 heteroatoms. The number of hydrogen-bond acceptors (Lipinski definition) is 4. The van der Waals surface area contributed by atoms with Crippen molar-refractivity contribution in [3.05, 3.63) is 22.7 Å². The highest BCUT2D eigenvalue weighted by molar-refractivity contribution is 5.73. The summed E-state index contributed by atoms with van der Waals surface area (Å²) in [5.74, 6) is -0.546. The molecule has 0 fully saturated rings. The van der Waals surface area contributed by atoms with E-state index >= 15 is 0 Å². The van der Waals surface area contributed by atoms with Crippen molar-refractivity contribution in [3.8, 4) is 0 Å². The van der Waals surface area contributed by atoms with Crippen LogP contribution < -0.4 is 10.5 Å². The molecule has 0 aliphatic heterocycles. The first-order valence-corrected chi connectivity index (χ1v) is 6.67. The van der Waals surface area contributed by atoms with Gasteiger partial charge in [0.05, 0.1) is 0 Å². The largest absolute Gasteiger partial charge is 0.480 e. The second kappa shape index (κ2) is 6.07. The number of carbonyl (C=O) groups is 1. The zero-order valence-corrected chi connectivity index (χ0v) is 12.8. The second-order valence-corrected chi connectivity index (χ2v) is 6.26. The Labute approximate surface area is 119 Å². The van der Waals surface area contributed by atoms with Gasteiger partial charge in [0.2, 0.25) is 0 Å². The molecular weight excluding hydrogens is 258 g/mol. The zero-order valence-electron chi connectivity index (χ0n) is 12.8. The quantitative estimate of drug-likeness (QED) is 0.886. The molecule has 1 rings (SSSR count). The minimum Gasteiger partial charge on any atom is -0.480 e. The lowest BCUT2D eigenvalue weighted by Gasteiger charge is -2.27. The van der Waals surface area contributed by atoms with Crippen molar-refractivity contribution in [1.29, 1.82) is 0 Å². The minimum absolute atomic E-state index is 0.193. The number of aromatic nitrogens is 2. The highest BCUT2D eigenvalue weighted by atomic mass is 16.4. The first-order chi connectivity index (χ1) is 9.12. The topological polar surface area (TPSA) is 75.4 Å². The summed E-state index contributed by atoms with van der Waals surface area (Å²) >= 11 is 0. The van der Waals surface area contributed by atoms with E-state index in [1.54, 1.807) is 10.8 Å². The SMILES string of the molecule is CC(C)CN(CC(=O)O)c1nccn(C(C)(C)C)c1=O. The monoisotopic (exact) mass is 281 g/mol. The Morgan fingerprint density at radius 2 is 2.05 bits per heavy atom. The average molecular weight is 281 g/mol. The summed E-state index contributed by atoms with van der Waals surface area (Å²) in [6.07, 6.45) is 3.16. The van der Waals surface area contributed by atoms with Gasteiger partial charge in [0, 0.05) is 24.5 Å². The van der Waals surface area contributed by atoms with Gasteiger partial charge in [-0.1, -0.05) is 13.8 Å². The van der Waals surface area contributed by atoms with Crippen molar-refractivity contribution in [2.24, 2.45) is 5.92 Å². The lowest BCUT2D eigenvalue weighted by Crippen LogP contribution is -2.42. The fraction of sp³-hybridized carbons (Fsp3) is 0.643. The number of hydrogen-bond donors (Lipinski definition) is 1. The van der Waals surface area contributed by atoms with Crippen LogP contribution in [0.15, 0.2) is 17.2 Å². The van der Waals surface area contributed by atoms with Crippen LogP contribution in [-0.4, -0.2) is 33.7 Å². The van der Waals surface area contributed by atoms with E-state index < -0.39 is 5.97 Å². The van der Waals surface area contributed by atoms with Gasteiger partial charge in [-0.15, -0.1) is 0 Å². The highest BCUT2D eigenvalue weighted by Gasteiger charge is 2.21. The third kappa shape index (κ3) is 4.08. The van der Waals surface area contributed by atoms with E-state index in [9.17, 15) is 9.59 Å². The van der Waals surface area contributed by atoms with E-state index in [-0.39, 0.29) is 29.4 Å². The molecule has 0 aliphatic rings. The molecule has 0 aromatic carbocycles. The van der Waals surface area contributed by atoms with E-state index in [0.29, 0.717) is 6.54 Å². The van der Waals surface area contributed by atoms with Crippen LogP contribution in [0.1, 0.15) is 34.6 Å². The highest BCUT2D eigenvalue weighted by Crippen LogP contribution is 2.13. The van der Waals surface area contributed by atoms with E-state index in [0.717, 1.165) is 0 Å². The lowest BCUT2D eigenvalue weighted by molar-refractivity contribution is -0.135. The van der Waals surface area contributed by atoms with Crippen molar-refractivity contribution in [2.45, 2.75) is 40.2 Å². The third-order valence-corrected chi connectivity index (χ3v) is 2.76. The molecule has 0 unspecified atom stereocenters. The summed E-state index contributed by atoms with van der Waals surface area (Å²) in [6, 6.07) is 0. The molecule has 1 aromatic rings. The Morgan fingerprint density at radius 1 is 1.45 bits per heavy atom. The van der Waals surface area contributed by atoms with Gasteiger partial charge >= 0.3 is 5.97 Å². The van der Waals surface area contributed by atoms with Crippen LogP contribution in [0.3, 0.4) is 0 Å². The van der Waals surface area contributed by atoms with Gasteiger partial charge in [0.15, 0.2) is 5.82 Å². The molecule has 1 heterocycles. The van der Waals surface area contributed by atoms with Crippen LogP contribution >= 0.6 is 0 Å². The van der Waals surface area contributed by atoms with Gasteiger partial charge in [-0.2, -0.15) is 0 Å². The van der Waals surface area contributed by atoms with Gasteiger partial charge in [-0.3, -0.25) is 9.59 Å². The van der Waals surface area contributed by atoms with E-state index in [1.807, 2.05) is 34.6 Å². The number of anilines is 1. The third-order valence-electron chi connectivity index (χ3n) is 2.76.